The molecule has 3 aromatic rings. The zero-order valence-corrected chi connectivity index (χ0v) is 13.0. The van der Waals surface area contributed by atoms with Crippen molar-refractivity contribution in [2.45, 2.75) is 13.0 Å². The van der Waals surface area contributed by atoms with Crippen molar-refractivity contribution >= 4 is 37.4 Å². The Morgan fingerprint density at radius 2 is 1.95 bits per heavy atom. The monoisotopic (exact) mass is 331 g/mol. The van der Waals surface area contributed by atoms with Gasteiger partial charge in [-0.15, -0.1) is 11.3 Å². The molecule has 0 saturated carbocycles. The van der Waals surface area contributed by atoms with Crippen molar-refractivity contribution in [2.24, 2.45) is 5.73 Å². The van der Waals surface area contributed by atoms with E-state index < -0.39 is 0 Å². The fourth-order valence-corrected chi connectivity index (χ4v) is 3.85. The van der Waals surface area contributed by atoms with Crippen LogP contribution in [0.3, 0.4) is 0 Å². The van der Waals surface area contributed by atoms with Crippen LogP contribution < -0.4 is 5.73 Å². The Hall–Kier alpha value is -1.16. The van der Waals surface area contributed by atoms with E-state index in [2.05, 4.69) is 70.7 Å². The minimum Gasteiger partial charge on any atom is -0.320 e. The molecule has 0 spiro atoms. The summed E-state index contributed by atoms with van der Waals surface area (Å²) in [5, 5.41) is 3.39. The fourth-order valence-electron chi connectivity index (χ4n) is 2.42. The number of hydrogen-bond acceptors (Lipinski definition) is 2. The van der Waals surface area contributed by atoms with E-state index in [-0.39, 0.29) is 6.04 Å². The first kappa shape index (κ1) is 12.9. The lowest BCUT2D eigenvalue weighted by Crippen LogP contribution is -2.13. The summed E-state index contributed by atoms with van der Waals surface area (Å²) in [4.78, 5) is 0. The number of rotatable bonds is 2. The highest BCUT2D eigenvalue weighted by Gasteiger charge is 2.14. The van der Waals surface area contributed by atoms with Crippen LogP contribution >= 0.6 is 27.3 Å². The number of thiophene rings is 1. The van der Waals surface area contributed by atoms with Crippen LogP contribution in [0.15, 0.2) is 52.3 Å². The van der Waals surface area contributed by atoms with E-state index in [1.807, 2.05) is 0 Å². The first-order valence-corrected chi connectivity index (χ1v) is 7.82. The van der Waals surface area contributed by atoms with Crippen LogP contribution in [0.5, 0.6) is 0 Å². The SMILES string of the molecule is Cc1cc(Br)ccc1C(N)c1cccc2ccsc12. The van der Waals surface area contributed by atoms with Gasteiger partial charge in [0.25, 0.3) is 0 Å². The molecule has 0 bridgehead atoms. The number of fused-ring (bicyclic) bond motifs is 1. The van der Waals surface area contributed by atoms with E-state index in [0.717, 1.165) is 4.47 Å². The number of aryl methyl sites for hydroxylation is 1. The molecule has 3 heteroatoms. The van der Waals surface area contributed by atoms with Crippen molar-refractivity contribution in [3.63, 3.8) is 0 Å². The Balaban J connectivity index is 2.13. The van der Waals surface area contributed by atoms with Gasteiger partial charge in [0.1, 0.15) is 0 Å². The van der Waals surface area contributed by atoms with Gasteiger partial charge in [-0.05, 0) is 52.6 Å². The summed E-state index contributed by atoms with van der Waals surface area (Å²) in [7, 11) is 0. The standard InChI is InChI=1S/C16H14BrNS/c1-10-9-12(17)5-6-13(10)15(18)14-4-2-3-11-7-8-19-16(11)14/h2-9,15H,18H2,1H3. The van der Waals surface area contributed by atoms with E-state index in [0.29, 0.717) is 0 Å². The summed E-state index contributed by atoms with van der Waals surface area (Å²) in [6.07, 6.45) is 0. The molecule has 1 nitrogen and oxygen atoms in total. The molecule has 0 saturated heterocycles. The molecule has 1 atom stereocenters. The van der Waals surface area contributed by atoms with Gasteiger partial charge in [0.2, 0.25) is 0 Å². The molecule has 0 aliphatic heterocycles. The molecule has 0 aliphatic carbocycles. The van der Waals surface area contributed by atoms with Crippen molar-refractivity contribution in [3.8, 4) is 0 Å². The first-order chi connectivity index (χ1) is 9.16. The van der Waals surface area contributed by atoms with Gasteiger partial charge in [0.15, 0.2) is 0 Å². The third-order valence-electron chi connectivity index (χ3n) is 3.41. The van der Waals surface area contributed by atoms with Crippen molar-refractivity contribution in [3.05, 3.63) is 69.0 Å². The Kier molecular flexibility index (Phi) is 3.44. The molecule has 0 fully saturated rings. The van der Waals surface area contributed by atoms with Crippen LogP contribution in [-0.2, 0) is 0 Å². The van der Waals surface area contributed by atoms with E-state index >= 15 is 0 Å². The third-order valence-corrected chi connectivity index (χ3v) is 4.88. The lowest BCUT2D eigenvalue weighted by molar-refractivity contribution is 0.871. The molecule has 96 valence electrons. The molecule has 0 radical (unpaired) electrons. The average molecular weight is 332 g/mol. The summed E-state index contributed by atoms with van der Waals surface area (Å²) in [5.41, 5.74) is 10.1. The van der Waals surface area contributed by atoms with Gasteiger partial charge >= 0.3 is 0 Å². The summed E-state index contributed by atoms with van der Waals surface area (Å²) < 4.78 is 2.38. The quantitative estimate of drug-likeness (QED) is 0.700. The van der Waals surface area contributed by atoms with E-state index in [1.54, 1.807) is 11.3 Å². The molecule has 2 aromatic carbocycles. The van der Waals surface area contributed by atoms with Crippen molar-refractivity contribution in [1.29, 1.82) is 0 Å². The second-order valence-electron chi connectivity index (χ2n) is 4.66. The lowest BCUT2D eigenvalue weighted by atomic mass is 9.95. The predicted molar refractivity (Wildman–Crippen MR) is 86.7 cm³/mol. The number of halogens is 1. The zero-order chi connectivity index (χ0) is 13.4. The van der Waals surface area contributed by atoms with Gasteiger partial charge in [-0.3, -0.25) is 0 Å². The van der Waals surface area contributed by atoms with Gasteiger partial charge in [0, 0.05) is 9.17 Å². The van der Waals surface area contributed by atoms with Gasteiger partial charge in [0.05, 0.1) is 6.04 Å². The van der Waals surface area contributed by atoms with Crippen LogP contribution in [0.2, 0.25) is 0 Å². The summed E-state index contributed by atoms with van der Waals surface area (Å²) in [6, 6.07) is 14.7. The highest BCUT2D eigenvalue weighted by atomic mass is 79.9. The Labute approximate surface area is 125 Å². The van der Waals surface area contributed by atoms with Gasteiger partial charge in [-0.2, -0.15) is 0 Å². The van der Waals surface area contributed by atoms with Gasteiger partial charge < -0.3 is 5.73 Å². The fraction of sp³-hybridized carbons (Fsp3) is 0.125. The largest absolute Gasteiger partial charge is 0.320 e. The zero-order valence-electron chi connectivity index (χ0n) is 10.6. The van der Waals surface area contributed by atoms with E-state index in [9.17, 15) is 0 Å². The molecule has 3 rings (SSSR count). The van der Waals surface area contributed by atoms with Gasteiger partial charge in [-0.25, -0.2) is 0 Å². The highest BCUT2D eigenvalue weighted by molar-refractivity contribution is 9.10. The summed E-state index contributed by atoms with van der Waals surface area (Å²) in [5.74, 6) is 0. The number of nitrogens with two attached hydrogens (primary N) is 1. The molecular weight excluding hydrogens is 318 g/mol. The molecule has 0 aliphatic rings. The summed E-state index contributed by atoms with van der Waals surface area (Å²) >= 11 is 5.25. The maximum Gasteiger partial charge on any atom is 0.0568 e. The molecule has 19 heavy (non-hydrogen) atoms. The average Bonchev–Trinajstić information content (AvgIpc) is 2.86. The minimum absolute atomic E-state index is 0.0737. The van der Waals surface area contributed by atoms with Crippen LogP contribution in [0.1, 0.15) is 22.7 Å². The van der Waals surface area contributed by atoms with Crippen LogP contribution in [0.25, 0.3) is 10.1 Å². The van der Waals surface area contributed by atoms with Crippen molar-refractivity contribution in [2.75, 3.05) is 0 Å². The normalized spacial score (nSPS) is 12.8. The van der Waals surface area contributed by atoms with E-state index in [1.165, 1.54) is 26.8 Å². The van der Waals surface area contributed by atoms with Crippen molar-refractivity contribution < 1.29 is 0 Å². The van der Waals surface area contributed by atoms with Crippen LogP contribution in [0.4, 0.5) is 0 Å². The maximum atomic E-state index is 6.48. The minimum atomic E-state index is -0.0737. The summed E-state index contributed by atoms with van der Waals surface area (Å²) in [6.45, 7) is 2.11. The number of benzene rings is 2. The molecule has 1 aromatic heterocycles. The third kappa shape index (κ3) is 2.34. The molecule has 0 amide bonds. The number of hydrogen-bond donors (Lipinski definition) is 1. The van der Waals surface area contributed by atoms with Crippen LogP contribution in [-0.4, -0.2) is 0 Å². The maximum absolute atomic E-state index is 6.48. The smallest absolute Gasteiger partial charge is 0.0568 e. The second kappa shape index (κ2) is 5.08. The molecule has 1 unspecified atom stereocenters. The van der Waals surface area contributed by atoms with Crippen LogP contribution in [0, 0.1) is 6.92 Å². The molecule has 2 N–H and O–H groups in total. The van der Waals surface area contributed by atoms with Crippen molar-refractivity contribution in [1.82, 2.24) is 0 Å². The lowest BCUT2D eigenvalue weighted by Gasteiger charge is -2.16. The first-order valence-electron chi connectivity index (χ1n) is 6.14. The van der Waals surface area contributed by atoms with Gasteiger partial charge in [-0.1, -0.05) is 40.2 Å². The molecular formula is C16H14BrNS. The van der Waals surface area contributed by atoms with E-state index in [4.69, 9.17) is 5.73 Å². The highest BCUT2D eigenvalue weighted by Crippen LogP contribution is 2.32. The Bertz CT molecular complexity index is 732. The topological polar surface area (TPSA) is 26.0 Å². The Morgan fingerprint density at radius 3 is 2.74 bits per heavy atom. The Morgan fingerprint density at radius 1 is 1.11 bits per heavy atom. The predicted octanol–water partition coefficient (Wildman–Crippen LogP) is 5.02. The molecule has 1 heterocycles. The second-order valence-corrected chi connectivity index (χ2v) is 6.50.